The number of fused-ring (bicyclic) bond motifs is 1. The van der Waals surface area contributed by atoms with Gasteiger partial charge in [-0.3, -0.25) is 19.7 Å². The summed E-state index contributed by atoms with van der Waals surface area (Å²) in [6.07, 6.45) is 3.07. The van der Waals surface area contributed by atoms with E-state index in [1.807, 2.05) is 0 Å². The Balaban J connectivity index is 1.49. The Morgan fingerprint density at radius 1 is 1.15 bits per heavy atom. The molecule has 1 aromatic heterocycles. The molecule has 8 nitrogen and oxygen atoms in total. The molecule has 0 bridgehead atoms. The van der Waals surface area contributed by atoms with Crippen LogP contribution in [0.3, 0.4) is 0 Å². The number of nitrogens with zero attached hydrogens (tertiary/aromatic N) is 3. The summed E-state index contributed by atoms with van der Waals surface area (Å²) in [5, 5.41) is 3.11. The van der Waals surface area contributed by atoms with Gasteiger partial charge >= 0.3 is 0 Å². The third kappa shape index (κ3) is 4.85. The van der Waals surface area contributed by atoms with Crippen molar-refractivity contribution in [3.63, 3.8) is 0 Å². The second kappa shape index (κ2) is 9.38. The number of rotatable bonds is 5. The molecule has 1 atom stereocenters. The van der Waals surface area contributed by atoms with E-state index in [0.29, 0.717) is 27.5 Å². The highest BCUT2D eigenvalue weighted by molar-refractivity contribution is 6.30. The quantitative estimate of drug-likeness (QED) is 0.619. The van der Waals surface area contributed by atoms with Gasteiger partial charge in [0, 0.05) is 29.1 Å². The Morgan fingerprint density at radius 2 is 1.85 bits per heavy atom. The molecule has 0 saturated carbocycles. The van der Waals surface area contributed by atoms with Gasteiger partial charge in [-0.05, 0) is 48.4 Å². The Morgan fingerprint density at radius 3 is 2.52 bits per heavy atom. The fourth-order valence-corrected chi connectivity index (χ4v) is 3.78. The number of halogens is 1. The molecule has 0 unspecified atom stereocenters. The number of amides is 2. The van der Waals surface area contributed by atoms with Gasteiger partial charge in [-0.15, -0.1) is 0 Å². The third-order valence-corrected chi connectivity index (χ3v) is 5.75. The lowest BCUT2D eigenvalue weighted by Gasteiger charge is -2.26. The number of hydrogen-bond donors (Lipinski definition) is 1. The lowest BCUT2D eigenvalue weighted by atomic mass is 10.0. The average Bonchev–Trinajstić information content (AvgIpc) is 2.90. The number of nitrogens with one attached hydrogen (secondary N) is 1. The van der Waals surface area contributed by atoms with Gasteiger partial charge in [0.2, 0.25) is 5.95 Å². The number of ketones is 1. The van der Waals surface area contributed by atoms with Gasteiger partial charge in [-0.1, -0.05) is 23.7 Å². The van der Waals surface area contributed by atoms with E-state index in [1.165, 1.54) is 19.5 Å². The smallest absolute Gasteiger partial charge is 0.258 e. The van der Waals surface area contributed by atoms with Crippen molar-refractivity contribution in [2.75, 3.05) is 12.4 Å². The van der Waals surface area contributed by atoms with Gasteiger partial charge in [-0.25, -0.2) is 9.97 Å². The maximum absolute atomic E-state index is 13.2. The van der Waals surface area contributed by atoms with Crippen molar-refractivity contribution in [1.29, 1.82) is 0 Å². The largest absolute Gasteiger partial charge is 0.494 e. The first-order valence-corrected chi connectivity index (χ1v) is 10.6. The summed E-state index contributed by atoms with van der Waals surface area (Å²) in [6, 6.07) is 11.2. The molecule has 168 valence electrons. The first-order valence-electron chi connectivity index (χ1n) is 10.2. The normalized spacial score (nSPS) is 15.6. The second-order valence-electron chi connectivity index (χ2n) is 7.65. The van der Waals surface area contributed by atoms with E-state index >= 15 is 0 Å². The highest BCUT2D eigenvalue weighted by Gasteiger charge is 2.32. The summed E-state index contributed by atoms with van der Waals surface area (Å²) in [5.41, 5.74) is 2.31. The minimum absolute atomic E-state index is 0.0557. The van der Waals surface area contributed by atoms with Crippen LogP contribution in [0.2, 0.25) is 5.02 Å². The Kier molecular flexibility index (Phi) is 6.37. The SMILES string of the molecule is COc1cnc(NC(=O)c2ccc(CN3C(=O)c4ccc(Cl)cc4CC(=O)[C@H]3C)cc2)nc1. The molecule has 1 aliphatic rings. The van der Waals surface area contributed by atoms with Crippen LogP contribution in [0.5, 0.6) is 5.75 Å². The van der Waals surface area contributed by atoms with Crippen molar-refractivity contribution >= 4 is 35.1 Å². The first-order chi connectivity index (χ1) is 15.9. The fourth-order valence-electron chi connectivity index (χ4n) is 3.58. The molecule has 33 heavy (non-hydrogen) atoms. The van der Waals surface area contributed by atoms with Crippen LogP contribution in [0.1, 0.15) is 38.8 Å². The molecule has 9 heteroatoms. The van der Waals surface area contributed by atoms with E-state index in [0.717, 1.165) is 5.56 Å². The summed E-state index contributed by atoms with van der Waals surface area (Å²) in [5.74, 6) is -0.00440. The molecule has 4 rings (SSSR count). The number of benzene rings is 2. The molecule has 2 heterocycles. The van der Waals surface area contributed by atoms with Crippen molar-refractivity contribution < 1.29 is 19.1 Å². The van der Waals surface area contributed by atoms with Crippen molar-refractivity contribution in [2.45, 2.75) is 25.9 Å². The molecule has 0 aliphatic carbocycles. The molecule has 2 aromatic carbocycles. The van der Waals surface area contributed by atoms with Crippen LogP contribution >= 0.6 is 11.6 Å². The van der Waals surface area contributed by atoms with Crippen LogP contribution in [0.4, 0.5) is 5.95 Å². The number of hydrogen-bond acceptors (Lipinski definition) is 6. The molecule has 0 saturated heterocycles. The lowest BCUT2D eigenvalue weighted by Crippen LogP contribution is -2.41. The molecule has 0 radical (unpaired) electrons. The molecule has 0 fully saturated rings. The van der Waals surface area contributed by atoms with Crippen LogP contribution in [-0.2, 0) is 17.8 Å². The summed E-state index contributed by atoms with van der Waals surface area (Å²) >= 11 is 6.05. The van der Waals surface area contributed by atoms with E-state index in [9.17, 15) is 14.4 Å². The van der Waals surface area contributed by atoms with E-state index in [1.54, 1.807) is 54.3 Å². The lowest BCUT2D eigenvalue weighted by molar-refractivity contribution is -0.122. The van der Waals surface area contributed by atoms with Crippen LogP contribution < -0.4 is 10.1 Å². The standard InChI is InChI=1S/C24H21ClN4O4/c1-14-21(30)10-17-9-18(25)7-8-20(17)23(32)29(14)13-15-3-5-16(6-4-15)22(31)28-24-26-11-19(33-2)12-27-24/h3-9,11-12,14H,10,13H2,1-2H3,(H,26,27,28,31)/t14-/m1/s1. The molecular weight excluding hydrogens is 444 g/mol. The number of aromatic nitrogens is 2. The molecule has 1 aliphatic heterocycles. The predicted octanol–water partition coefficient (Wildman–Crippen LogP) is 3.55. The predicted molar refractivity (Wildman–Crippen MR) is 122 cm³/mol. The van der Waals surface area contributed by atoms with Gasteiger partial charge in [-0.2, -0.15) is 0 Å². The zero-order valence-corrected chi connectivity index (χ0v) is 18.8. The van der Waals surface area contributed by atoms with Gasteiger partial charge < -0.3 is 9.64 Å². The average molecular weight is 465 g/mol. The van der Waals surface area contributed by atoms with Crippen LogP contribution in [0.25, 0.3) is 0 Å². The minimum Gasteiger partial charge on any atom is -0.494 e. The van der Waals surface area contributed by atoms with Crippen molar-refractivity contribution in [3.8, 4) is 5.75 Å². The van der Waals surface area contributed by atoms with E-state index in [-0.39, 0.29) is 36.5 Å². The summed E-state index contributed by atoms with van der Waals surface area (Å²) in [6.45, 7) is 1.96. The zero-order valence-electron chi connectivity index (χ0n) is 18.0. The van der Waals surface area contributed by atoms with E-state index < -0.39 is 6.04 Å². The Hall–Kier alpha value is -3.78. The van der Waals surface area contributed by atoms with Crippen molar-refractivity contribution in [3.05, 3.63) is 82.1 Å². The molecule has 0 spiro atoms. The Labute approximate surface area is 195 Å². The van der Waals surface area contributed by atoms with Gasteiger partial charge in [0.1, 0.15) is 0 Å². The maximum atomic E-state index is 13.2. The highest BCUT2D eigenvalue weighted by Crippen LogP contribution is 2.25. The number of methoxy groups -OCH3 is 1. The Bertz CT molecular complexity index is 1210. The number of anilines is 1. The van der Waals surface area contributed by atoms with Crippen LogP contribution in [-0.4, -0.2) is 45.6 Å². The number of carbonyl (C=O) groups excluding carboxylic acids is 3. The van der Waals surface area contributed by atoms with Gasteiger partial charge in [0.05, 0.1) is 25.5 Å². The third-order valence-electron chi connectivity index (χ3n) is 5.51. The summed E-state index contributed by atoms with van der Waals surface area (Å²) < 4.78 is 5.00. The van der Waals surface area contributed by atoms with Gasteiger partial charge in [0.15, 0.2) is 11.5 Å². The number of Topliss-reactive ketones (excluding diaryl/α,β-unsaturated/α-hetero) is 1. The molecule has 2 amide bonds. The van der Waals surface area contributed by atoms with E-state index in [4.69, 9.17) is 16.3 Å². The van der Waals surface area contributed by atoms with E-state index in [2.05, 4.69) is 15.3 Å². The zero-order chi connectivity index (χ0) is 23.5. The second-order valence-corrected chi connectivity index (χ2v) is 8.09. The summed E-state index contributed by atoms with van der Waals surface area (Å²) in [7, 11) is 1.50. The summed E-state index contributed by atoms with van der Waals surface area (Å²) in [4.78, 5) is 47.9. The van der Waals surface area contributed by atoms with Crippen molar-refractivity contribution in [2.24, 2.45) is 0 Å². The number of ether oxygens (including phenoxy) is 1. The fraction of sp³-hybridized carbons (Fsp3) is 0.208. The maximum Gasteiger partial charge on any atom is 0.258 e. The first kappa shape index (κ1) is 22.4. The van der Waals surface area contributed by atoms with Crippen molar-refractivity contribution in [1.82, 2.24) is 14.9 Å². The van der Waals surface area contributed by atoms with Gasteiger partial charge in [0.25, 0.3) is 11.8 Å². The van der Waals surface area contributed by atoms with Crippen LogP contribution in [0.15, 0.2) is 54.9 Å². The molecule has 3 aromatic rings. The number of carbonyl (C=O) groups is 3. The highest BCUT2D eigenvalue weighted by atomic mass is 35.5. The minimum atomic E-state index is -0.584. The topological polar surface area (TPSA) is 101 Å². The monoisotopic (exact) mass is 464 g/mol. The van der Waals surface area contributed by atoms with Crippen LogP contribution in [0, 0.1) is 0 Å². The molecule has 1 N–H and O–H groups in total. The molecular formula is C24H21ClN4O4.